The second-order valence-corrected chi connectivity index (χ2v) is 6.14. The summed E-state index contributed by atoms with van der Waals surface area (Å²) in [7, 11) is 1.53. The van der Waals surface area contributed by atoms with E-state index in [1.54, 1.807) is 0 Å². The van der Waals surface area contributed by atoms with E-state index in [0.717, 1.165) is 16.8 Å². The van der Waals surface area contributed by atoms with E-state index >= 15 is 0 Å². The van der Waals surface area contributed by atoms with Crippen LogP contribution in [0.4, 0.5) is 5.69 Å². The molecule has 2 rings (SSSR count). The third kappa shape index (κ3) is 3.70. The first kappa shape index (κ1) is 17.0. The van der Waals surface area contributed by atoms with Crippen LogP contribution in [0.5, 0.6) is 0 Å². The number of carbonyl (C=O) groups is 3. The van der Waals surface area contributed by atoms with Crippen LogP contribution in [0.3, 0.4) is 0 Å². The fraction of sp³-hybridized carbons (Fsp3) is 0.471. The summed E-state index contributed by atoms with van der Waals surface area (Å²) in [6.07, 6.45) is 1.09. The third-order valence-electron chi connectivity index (χ3n) is 4.41. The summed E-state index contributed by atoms with van der Waals surface area (Å²) in [6.45, 7) is 3.72. The van der Waals surface area contributed by atoms with Gasteiger partial charge in [-0.15, -0.1) is 0 Å². The first-order valence-corrected chi connectivity index (χ1v) is 7.65. The van der Waals surface area contributed by atoms with Crippen molar-refractivity contribution in [2.45, 2.75) is 26.7 Å². The lowest BCUT2D eigenvalue weighted by Gasteiger charge is -2.34. The molecule has 1 saturated carbocycles. The van der Waals surface area contributed by atoms with Gasteiger partial charge in [-0.2, -0.15) is 0 Å². The van der Waals surface area contributed by atoms with Gasteiger partial charge in [0.05, 0.1) is 18.4 Å². The molecule has 2 atom stereocenters. The maximum Gasteiger partial charge on any atom is 0.307 e. The Morgan fingerprint density at radius 1 is 1.17 bits per heavy atom. The standard InChI is InChI=1S/C17H22N2O4/c1-10-5-4-6-11(2)15(10)18-14(20)9-19(3)16(21)12-7-8-13(12)17(22)23/h4-6,12-13H,7-9H2,1-3H3,(H,18,20)(H,22,23). The molecule has 23 heavy (non-hydrogen) atoms. The molecule has 1 fully saturated rings. The molecule has 1 aliphatic rings. The van der Waals surface area contributed by atoms with Gasteiger partial charge in [-0.05, 0) is 37.8 Å². The molecule has 0 spiro atoms. The number of hydrogen-bond acceptors (Lipinski definition) is 3. The number of carboxylic acids is 1. The van der Waals surface area contributed by atoms with Crippen molar-refractivity contribution in [3.05, 3.63) is 29.3 Å². The van der Waals surface area contributed by atoms with E-state index in [-0.39, 0.29) is 18.4 Å². The van der Waals surface area contributed by atoms with Crippen LogP contribution < -0.4 is 5.32 Å². The molecular weight excluding hydrogens is 296 g/mol. The number of likely N-dealkylation sites (N-methyl/N-ethyl adjacent to an activating group) is 1. The van der Waals surface area contributed by atoms with Gasteiger partial charge in [-0.1, -0.05) is 18.2 Å². The van der Waals surface area contributed by atoms with Gasteiger partial charge in [0.15, 0.2) is 0 Å². The Hall–Kier alpha value is -2.37. The van der Waals surface area contributed by atoms with E-state index in [0.29, 0.717) is 12.8 Å². The predicted molar refractivity (Wildman–Crippen MR) is 86.0 cm³/mol. The first-order chi connectivity index (χ1) is 10.8. The van der Waals surface area contributed by atoms with Gasteiger partial charge in [-0.25, -0.2) is 0 Å². The van der Waals surface area contributed by atoms with E-state index in [9.17, 15) is 14.4 Å². The summed E-state index contributed by atoms with van der Waals surface area (Å²) >= 11 is 0. The molecule has 0 aromatic heterocycles. The monoisotopic (exact) mass is 318 g/mol. The van der Waals surface area contributed by atoms with Crippen LogP contribution in [-0.4, -0.2) is 41.4 Å². The number of carboxylic acid groups (broad SMARTS) is 1. The Kier molecular flexibility index (Phi) is 5.03. The summed E-state index contributed by atoms with van der Waals surface area (Å²) in [5, 5.41) is 11.8. The number of benzene rings is 1. The molecule has 124 valence electrons. The lowest BCUT2D eigenvalue weighted by Crippen LogP contribution is -2.46. The molecule has 0 heterocycles. The molecule has 0 saturated heterocycles. The van der Waals surface area contributed by atoms with E-state index < -0.39 is 17.8 Å². The first-order valence-electron chi connectivity index (χ1n) is 7.65. The van der Waals surface area contributed by atoms with Gasteiger partial charge < -0.3 is 15.3 Å². The molecule has 2 unspecified atom stereocenters. The van der Waals surface area contributed by atoms with Crippen molar-refractivity contribution in [2.24, 2.45) is 11.8 Å². The van der Waals surface area contributed by atoms with E-state index in [1.165, 1.54) is 11.9 Å². The minimum Gasteiger partial charge on any atom is -0.481 e. The molecule has 1 aromatic rings. The Bertz CT molecular complexity index is 621. The molecule has 1 aromatic carbocycles. The van der Waals surface area contributed by atoms with Gasteiger partial charge in [-0.3, -0.25) is 14.4 Å². The van der Waals surface area contributed by atoms with Crippen molar-refractivity contribution in [3.63, 3.8) is 0 Å². The molecule has 1 aliphatic carbocycles. The van der Waals surface area contributed by atoms with Crippen LogP contribution in [0.25, 0.3) is 0 Å². The van der Waals surface area contributed by atoms with Crippen molar-refractivity contribution in [1.82, 2.24) is 4.90 Å². The van der Waals surface area contributed by atoms with Crippen LogP contribution in [0, 0.1) is 25.7 Å². The van der Waals surface area contributed by atoms with E-state index in [2.05, 4.69) is 5.32 Å². The number of amides is 2. The fourth-order valence-corrected chi connectivity index (χ4v) is 2.86. The summed E-state index contributed by atoms with van der Waals surface area (Å²) < 4.78 is 0. The number of nitrogens with zero attached hydrogens (tertiary/aromatic N) is 1. The highest BCUT2D eigenvalue weighted by molar-refractivity contribution is 5.96. The number of rotatable bonds is 5. The highest BCUT2D eigenvalue weighted by Gasteiger charge is 2.42. The van der Waals surface area contributed by atoms with E-state index in [4.69, 9.17) is 5.11 Å². The molecule has 2 N–H and O–H groups in total. The van der Waals surface area contributed by atoms with Crippen LogP contribution in [0.15, 0.2) is 18.2 Å². The second-order valence-electron chi connectivity index (χ2n) is 6.14. The average molecular weight is 318 g/mol. The Balaban J connectivity index is 1.95. The maximum absolute atomic E-state index is 12.2. The van der Waals surface area contributed by atoms with Crippen LogP contribution >= 0.6 is 0 Å². The quantitative estimate of drug-likeness (QED) is 0.867. The fourth-order valence-electron chi connectivity index (χ4n) is 2.86. The molecular formula is C17H22N2O4. The number of anilines is 1. The average Bonchev–Trinajstić information content (AvgIpc) is 2.41. The zero-order chi connectivity index (χ0) is 17.1. The number of aryl methyl sites for hydroxylation is 2. The molecule has 0 radical (unpaired) electrons. The highest BCUT2D eigenvalue weighted by atomic mass is 16.4. The largest absolute Gasteiger partial charge is 0.481 e. The molecule has 0 aliphatic heterocycles. The Morgan fingerprint density at radius 3 is 2.22 bits per heavy atom. The maximum atomic E-state index is 12.2. The summed E-state index contributed by atoms with van der Waals surface area (Å²) in [5.74, 6) is -2.63. The van der Waals surface area contributed by atoms with Crippen LogP contribution in [0.2, 0.25) is 0 Å². The lowest BCUT2D eigenvalue weighted by molar-refractivity contribution is -0.156. The van der Waals surface area contributed by atoms with Gasteiger partial charge in [0.1, 0.15) is 0 Å². The second kappa shape index (κ2) is 6.81. The third-order valence-corrected chi connectivity index (χ3v) is 4.41. The predicted octanol–water partition coefficient (Wildman–Crippen LogP) is 1.81. The van der Waals surface area contributed by atoms with Gasteiger partial charge in [0, 0.05) is 12.7 Å². The topological polar surface area (TPSA) is 86.7 Å². The van der Waals surface area contributed by atoms with Crippen molar-refractivity contribution >= 4 is 23.5 Å². The molecule has 6 nitrogen and oxygen atoms in total. The van der Waals surface area contributed by atoms with Crippen molar-refractivity contribution in [2.75, 3.05) is 18.9 Å². The zero-order valence-corrected chi connectivity index (χ0v) is 13.6. The number of nitrogens with one attached hydrogen (secondary N) is 1. The van der Waals surface area contributed by atoms with Crippen molar-refractivity contribution < 1.29 is 19.5 Å². The summed E-state index contributed by atoms with van der Waals surface area (Å²) in [5.41, 5.74) is 2.67. The Labute approximate surface area is 135 Å². The number of carbonyl (C=O) groups excluding carboxylic acids is 2. The lowest BCUT2D eigenvalue weighted by atomic mass is 9.73. The number of para-hydroxylation sites is 1. The number of aliphatic carboxylic acids is 1. The van der Waals surface area contributed by atoms with Crippen molar-refractivity contribution in [3.8, 4) is 0 Å². The zero-order valence-electron chi connectivity index (χ0n) is 13.6. The minimum atomic E-state index is -0.942. The molecule has 2 amide bonds. The van der Waals surface area contributed by atoms with Crippen LogP contribution in [0.1, 0.15) is 24.0 Å². The molecule has 0 bridgehead atoms. The summed E-state index contributed by atoms with van der Waals surface area (Å²) in [4.78, 5) is 36.7. The van der Waals surface area contributed by atoms with Gasteiger partial charge in [0.2, 0.25) is 11.8 Å². The summed E-state index contributed by atoms with van der Waals surface area (Å²) in [6, 6.07) is 5.73. The van der Waals surface area contributed by atoms with Gasteiger partial charge in [0.25, 0.3) is 0 Å². The van der Waals surface area contributed by atoms with Gasteiger partial charge >= 0.3 is 5.97 Å². The number of hydrogen-bond donors (Lipinski definition) is 2. The SMILES string of the molecule is Cc1cccc(C)c1NC(=O)CN(C)C(=O)C1CCC1C(=O)O. The Morgan fingerprint density at radius 2 is 1.74 bits per heavy atom. The molecule has 6 heteroatoms. The van der Waals surface area contributed by atoms with Crippen molar-refractivity contribution in [1.29, 1.82) is 0 Å². The highest BCUT2D eigenvalue weighted by Crippen LogP contribution is 2.35. The minimum absolute atomic E-state index is 0.0879. The smallest absolute Gasteiger partial charge is 0.307 e. The van der Waals surface area contributed by atoms with Crippen LogP contribution in [-0.2, 0) is 14.4 Å². The normalized spacial score (nSPS) is 19.6. The van der Waals surface area contributed by atoms with E-state index in [1.807, 2.05) is 32.0 Å².